The molecule has 0 saturated carbocycles. The monoisotopic (exact) mass is 476 g/mol. The van der Waals surface area contributed by atoms with E-state index in [1.807, 2.05) is 43.9 Å². The Bertz CT molecular complexity index is 1400. The Morgan fingerprint density at radius 1 is 1.20 bits per heavy atom. The summed E-state index contributed by atoms with van der Waals surface area (Å²) in [5.74, 6) is 0.704. The fraction of sp³-hybridized carbons (Fsp3) is 0.440. The van der Waals surface area contributed by atoms with E-state index in [4.69, 9.17) is 14.8 Å². The number of pyridine rings is 1. The number of nitrogens with one attached hydrogen (secondary N) is 1. The van der Waals surface area contributed by atoms with Crippen LogP contribution in [0, 0.1) is 13.8 Å². The summed E-state index contributed by atoms with van der Waals surface area (Å²) in [4.78, 5) is 7.03. The molecular formula is C25H32N8O2. The summed E-state index contributed by atoms with van der Waals surface area (Å²) in [5.41, 5.74) is 7.29. The predicted molar refractivity (Wildman–Crippen MR) is 135 cm³/mol. The van der Waals surface area contributed by atoms with E-state index in [0.29, 0.717) is 19.0 Å². The lowest BCUT2D eigenvalue weighted by molar-refractivity contribution is 0.133. The van der Waals surface area contributed by atoms with E-state index in [2.05, 4.69) is 40.1 Å². The number of H-pyrrole nitrogens is 1. The van der Waals surface area contributed by atoms with E-state index in [0.717, 1.165) is 63.6 Å². The molecule has 35 heavy (non-hydrogen) atoms. The van der Waals surface area contributed by atoms with Gasteiger partial charge >= 0.3 is 0 Å². The molecule has 10 heteroatoms. The van der Waals surface area contributed by atoms with Crippen LogP contribution >= 0.6 is 0 Å². The van der Waals surface area contributed by atoms with Gasteiger partial charge in [-0.1, -0.05) is 6.92 Å². The van der Waals surface area contributed by atoms with Crippen LogP contribution in [0.25, 0.3) is 34.3 Å². The van der Waals surface area contributed by atoms with Crippen molar-refractivity contribution in [3.05, 3.63) is 40.6 Å². The summed E-state index contributed by atoms with van der Waals surface area (Å²) in [5, 5.41) is 27.6. The lowest BCUT2D eigenvalue weighted by Crippen LogP contribution is -2.34. The third-order valence-corrected chi connectivity index (χ3v) is 6.55. The van der Waals surface area contributed by atoms with E-state index in [1.165, 1.54) is 0 Å². The van der Waals surface area contributed by atoms with Gasteiger partial charge in [0, 0.05) is 31.1 Å². The minimum atomic E-state index is -0.0869. The Kier molecular flexibility index (Phi) is 6.16. The van der Waals surface area contributed by atoms with E-state index in [1.54, 1.807) is 4.68 Å². The van der Waals surface area contributed by atoms with Gasteiger partial charge in [0.2, 0.25) is 5.88 Å². The number of aromatic nitrogens is 7. The minimum Gasteiger partial charge on any atom is -0.473 e. The van der Waals surface area contributed by atoms with Crippen LogP contribution in [-0.2, 0) is 20.1 Å². The molecule has 0 spiro atoms. The molecule has 10 nitrogen and oxygen atoms in total. The average molecular weight is 477 g/mol. The van der Waals surface area contributed by atoms with Crippen molar-refractivity contribution in [2.45, 2.75) is 46.9 Å². The zero-order chi connectivity index (χ0) is 24.7. The normalized spacial score (nSPS) is 17.6. The molecule has 0 fully saturated rings. The number of aryl methyl sites for hydroxylation is 3. The fourth-order valence-corrected chi connectivity index (χ4v) is 4.85. The van der Waals surface area contributed by atoms with Crippen molar-refractivity contribution in [3.8, 4) is 17.1 Å². The van der Waals surface area contributed by atoms with Crippen molar-refractivity contribution in [3.63, 3.8) is 0 Å². The highest BCUT2D eigenvalue weighted by Crippen LogP contribution is 2.34. The molecule has 5 rings (SSSR count). The first-order valence-corrected chi connectivity index (χ1v) is 12.0. The minimum absolute atomic E-state index is 0.0330. The molecule has 1 atom stereocenters. The third kappa shape index (κ3) is 4.23. The number of hydrogen-bond donors (Lipinski definition) is 2. The molecule has 2 N–H and O–H groups in total. The Morgan fingerprint density at radius 2 is 2.03 bits per heavy atom. The smallest absolute Gasteiger partial charge is 0.221 e. The van der Waals surface area contributed by atoms with Gasteiger partial charge in [-0.2, -0.15) is 15.3 Å². The maximum Gasteiger partial charge on any atom is 0.221 e. The maximum atomic E-state index is 9.64. The van der Waals surface area contributed by atoms with E-state index in [9.17, 15) is 5.11 Å². The SMILES string of the molecule is CCN1Cc2c(c(C)nn2CCO)/C=C/c2n[nH]c3cnc(cc23)-c2c(C)nn(C)c2O[C@H](C)C1. The number of aliphatic hydroxyl groups is 1. The van der Waals surface area contributed by atoms with Crippen LogP contribution in [0.3, 0.4) is 0 Å². The van der Waals surface area contributed by atoms with Gasteiger partial charge in [0.25, 0.3) is 0 Å². The molecule has 0 radical (unpaired) electrons. The Balaban J connectivity index is 1.71. The van der Waals surface area contributed by atoms with Crippen molar-refractivity contribution in [2.24, 2.45) is 7.05 Å². The highest BCUT2D eigenvalue weighted by atomic mass is 16.5. The first-order chi connectivity index (χ1) is 16.9. The van der Waals surface area contributed by atoms with Gasteiger partial charge in [0.15, 0.2) is 0 Å². The largest absolute Gasteiger partial charge is 0.473 e. The first kappa shape index (κ1) is 23.3. The number of likely N-dealkylation sites (N-methyl/N-ethyl adjacent to an activating group) is 1. The van der Waals surface area contributed by atoms with Gasteiger partial charge in [-0.05, 0) is 45.5 Å². The van der Waals surface area contributed by atoms with Gasteiger partial charge in [0.1, 0.15) is 6.10 Å². The second-order valence-corrected chi connectivity index (χ2v) is 9.10. The Hall–Kier alpha value is -3.50. The van der Waals surface area contributed by atoms with Crippen LogP contribution < -0.4 is 4.74 Å². The predicted octanol–water partition coefficient (Wildman–Crippen LogP) is 2.94. The zero-order valence-electron chi connectivity index (χ0n) is 20.9. The number of nitrogens with zero attached hydrogens (tertiary/aromatic N) is 7. The molecule has 1 aliphatic rings. The van der Waals surface area contributed by atoms with Crippen molar-refractivity contribution >= 4 is 23.1 Å². The van der Waals surface area contributed by atoms with Gasteiger partial charge in [-0.25, -0.2) is 4.68 Å². The molecule has 0 saturated heterocycles. The number of hydrogen-bond acceptors (Lipinski definition) is 7. The van der Waals surface area contributed by atoms with Crippen LogP contribution in [0.15, 0.2) is 12.3 Å². The third-order valence-electron chi connectivity index (χ3n) is 6.55. The van der Waals surface area contributed by atoms with Gasteiger partial charge in [-0.15, -0.1) is 0 Å². The first-order valence-electron chi connectivity index (χ1n) is 12.0. The van der Waals surface area contributed by atoms with E-state index >= 15 is 0 Å². The summed E-state index contributed by atoms with van der Waals surface area (Å²) in [6.45, 7) is 10.9. The van der Waals surface area contributed by atoms with Crippen molar-refractivity contribution in [1.82, 2.24) is 39.6 Å². The molecule has 4 aromatic heterocycles. The van der Waals surface area contributed by atoms with Crippen molar-refractivity contribution in [1.29, 1.82) is 0 Å². The van der Waals surface area contributed by atoms with E-state index < -0.39 is 0 Å². The van der Waals surface area contributed by atoms with Crippen LogP contribution in [0.1, 0.15) is 42.2 Å². The molecule has 5 heterocycles. The van der Waals surface area contributed by atoms with Crippen LogP contribution in [0.5, 0.6) is 5.88 Å². The molecular weight excluding hydrogens is 444 g/mol. The summed E-state index contributed by atoms with van der Waals surface area (Å²) < 4.78 is 10.2. The zero-order valence-corrected chi connectivity index (χ0v) is 20.9. The van der Waals surface area contributed by atoms with Crippen molar-refractivity contribution in [2.75, 3.05) is 19.7 Å². The molecule has 4 aromatic rings. The van der Waals surface area contributed by atoms with E-state index in [-0.39, 0.29) is 12.7 Å². The molecule has 0 amide bonds. The number of aliphatic hydroxyl groups excluding tert-OH is 1. The molecule has 0 unspecified atom stereocenters. The summed E-state index contributed by atoms with van der Waals surface area (Å²) in [6, 6.07) is 2.04. The number of ether oxygens (including phenoxy) is 1. The maximum absolute atomic E-state index is 9.64. The lowest BCUT2D eigenvalue weighted by Gasteiger charge is -2.26. The molecule has 0 aromatic carbocycles. The molecule has 1 aliphatic heterocycles. The standard InChI is InChI=1S/C25H32N8O2/c1-6-32-13-15(2)35-25-24(17(4)29-31(25)5)21-11-19-20(27-28-22(19)12-26-21)8-7-18-16(3)30-33(9-10-34)23(18)14-32/h7-8,11-12,15,34H,6,9-10,13-14H2,1-5H3,(H,27,28)/b8-7+/t15-/m1/s1. The molecule has 184 valence electrons. The second kappa shape index (κ2) is 9.27. The fourth-order valence-electron chi connectivity index (χ4n) is 4.85. The quantitative estimate of drug-likeness (QED) is 0.468. The average Bonchev–Trinajstić information content (AvgIpc) is 3.45. The Morgan fingerprint density at radius 3 is 2.80 bits per heavy atom. The lowest BCUT2D eigenvalue weighted by atomic mass is 10.1. The number of rotatable bonds is 3. The van der Waals surface area contributed by atoms with Crippen LogP contribution in [0.4, 0.5) is 0 Å². The van der Waals surface area contributed by atoms with Crippen LogP contribution in [-0.4, -0.2) is 70.5 Å². The summed E-state index contributed by atoms with van der Waals surface area (Å²) in [6.07, 6.45) is 5.82. The van der Waals surface area contributed by atoms with Crippen LogP contribution in [0.2, 0.25) is 0 Å². The summed E-state index contributed by atoms with van der Waals surface area (Å²) >= 11 is 0. The highest BCUT2D eigenvalue weighted by molar-refractivity contribution is 5.92. The second-order valence-electron chi connectivity index (χ2n) is 9.10. The molecule has 2 bridgehead atoms. The van der Waals surface area contributed by atoms with Gasteiger partial charge in [0.05, 0.1) is 58.9 Å². The summed E-state index contributed by atoms with van der Waals surface area (Å²) in [7, 11) is 1.90. The number of fused-ring (bicyclic) bond motifs is 4. The topological polar surface area (TPSA) is 110 Å². The molecule has 0 aliphatic carbocycles. The number of aromatic amines is 1. The van der Waals surface area contributed by atoms with Gasteiger partial charge < -0.3 is 9.84 Å². The Labute approximate surface area is 204 Å². The highest BCUT2D eigenvalue weighted by Gasteiger charge is 2.23. The van der Waals surface area contributed by atoms with Gasteiger partial charge in [-0.3, -0.25) is 19.7 Å². The van der Waals surface area contributed by atoms with Crippen molar-refractivity contribution < 1.29 is 9.84 Å².